The van der Waals surface area contributed by atoms with E-state index in [0.29, 0.717) is 22.5 Å². The molecule has 0 unspecified atom stereocenters. The van der Waals surface area contributed by atoms with Gasteiger partial charge in [0.05, 0.1) is 0 Å². The summed E-state index contributed by atoms with van der Waals surface area (Å²) in [7, 11) is 0. The van der Waals surface area contributed by atoms with Crippen LogP contribution in [0.25, 0.3) is 0 Å². The number of halogens is 1. The van der Waals surface area contributed by atoms with Crippen LogP contribution < -0.4 is 0 Å². The topological polar surface area (TPSA) is 20.3 Å². The highest BCUT2D eigenvalue weighted by Crippen LogP contribution is 2.34. The minimum absolute atomic E-state index is 0.0282. The lowest BCUT2D eigenvalue weighted by Gasteiger charge is -2.38. The number of hydrogen-bond acceptors (Lipinski definition) is 1. The normalized spacial score (nSPS) is 17.4. The minimum Gasteiger partial charge on any atom is -0.339 e. The average molecular weight is 277 g/mol. The van der Waals surface area contributed by atoms with E-state index in [1.54, 1.807) is 19.1 Å². The Morgan fingerprint density at radius 3 is 2.35 bits per heavy atom. The first kappa shape index (κ1) is 15.0. The fourth-order valence-corrected chi connectivity index (χ4v) is 2.91. The molecule has 1 aliphatic heterocycles. The van der Waals surface area contributed by atoms with Crippen molar-refractivity contribution >= 4 is 5.91 Å². The number of likely N-dealkylation sites (tertiary alicyclic amines) is 1. The van der Waals surface area contributed by atoms with Crippen LogP contribution in [0.4, 0.5) is 4.39 Å². The summed E-state index contributed by atoms with van der Waals surface area (Å²) in [4.78, 5) is 14.3. The van der Waals surface area contributed by atoms with Crippen molar-refractivity contribution in [1.29, 1.82) is 0 Å². The van der Waals surface area contributed by atoms with E-state index in [4.69, 9.17) is 0 Å². The summed E-state index contributed by atoms with van der Waals surface area (Å²) in [5, 5.41) is 0. The summed E-state index contributed by atoms with van der Waals surface area (Å²) in [6.45, 7) is 10.1. The summed E-state index contributed by atoms with van der Waals surface area (Å²) in [5.41, 5.74) is 1.43. The molecule has 0 N–H and O–H groups in total. The van der Waals surface area contributed by atoms with Gasteiger partial charge in [0.25, 0.3) is 5.91 Å². The Labute approximate surface area is 121 Å². The minimum atomic E-state index is -0.256. The fourth-order valence-electron chi connectivity index (χ4n) is 2.91. The molecule has 0 bridgehead atoms. The summed E-state index contributed by atoms with van der Waals surface area (Å²) >= 11 is 0. The number of rotatable bonds is 1. The predicted octanol–water partition coefficient (Wildman–Crippen LogP) is 4.03. The van der Waals surface area contributed by atoms with Gasteiger partial charge in [-0.25, -0.2) is 4.39 Å². The number of benzene rings is 1. The Morgan fingerprint density at radius 1 is 1.25 bits per heavy atom. The zero-order chi connectivity index (χ0) is 14.9. The summed E-state index contributed by atoms with van der Waals surface area (Å²) < 4.78 is 13.3. The molecule has 1 fully saturated rings. The Bertz CT molecular complexity index is 496. The first-order chi connectivity index (χ1) is 9.29. The van der Waals surface area contributed by atoms with Crippen LogP contribution in [0.5, 0.6) is 0 Å². The average Bonchev–Trinajstić information content (AvgIpc) is 2.40. The lowest BCUT2D eigenvalue weighted by atomic mass is 9.75. The zero-order valence-electron chi connectivity index (χ0n) is 12.9. The molecular formula is C17H24FNO. The van der Waals surface area contributed by atoms with Crippen molar-refractivity contribution in [2.75, 3.05) is 13.1 Å². The van der Waals surface area contributed by atoms with Crippen LogP contribution >= 0.6 is 0 Å². The molecule has 110 valence electrons. The molecule has 2 nitrogen and oxygen atoms in total. The molecule has 0 spiro atoms. The van der Waals surface area contributed by atoms with Gasteiger partial charge in [0.1, 0.15) is 5.82 Å². The van der Waals surface area contributed by atoms with Crippen LogP contribution in [0.3, 0.4) is 0 Å². The van der Waals surface area contributed by atoms with Crippen molar-refractivity contribution in [2.45, 2.75) is 40.5 Å². The van der Waals surface area contributed by atoms with Crippen molar-refractivity contribution in [3.8, 4) is 0 Å². The molecule has 20 heavy (non-hydrogen) atoms. The lowest BCUT2D eigenvalue weighted by Crippen LogP contribution is -2.41. The van der Waals surface area contributed by atoms with Gasteiger partial charge in [-0.05, 0) is 54.9 Å². The highest BCUT2D eigenvalue weighted by molar-refractivity contribution is 5.94. The first-order valence-electron chi connectivity index (χ1n) is 7.34. The summed E-state index contributed by atoms with van der Waals surface area (Å²) in [5.74, 6) is 0.440. The third-order valence-electron chi connectivity index (χ3n) is 4.41. The Balaban J connectivity index is 2.03. The van der Waals surface area contributed by atoms with Gasteiger partial charge in [0.15, 0.2) is 0 Å². The molecule has 0 saturated carbocycles. The molecule has 1 amide bonds. The van der Waals surface area contributed by atoms with E-state index in [-0.39, 0.29) is 11.7 Å². The lowest BCUT2D eigenvalue weighted by molar-refractivity contribution is 0.0608. The largest absolute Gasteiger partial charge is 0.339 e. The number of aryl methyl sites for hydroxylation is 1. The summed E-state index contributed by atoms with van der Waals surface area (Å²) in [6.07, 6.45) is 2.10. The molecule has 1 aromatic carbocycles. The zero-order valence-corrected chi connectivity index (χ0v) is 12.9. The van der Waals surface area contributed by atoms with E-state index in [2.05, 4.69) is 20.8 Å². The van der Waals surface area contributed by atoms with E-state index in [1.165, 1.54) is 6.07 Å². The van der Waals surface area contributed by atoms with Gasteiger partial charge >= 0.3 is 0 Å². The molecule has 1 heterocycles. The Hall–Kier alpha value is -1.38. The highest BCUT2D eigenvalue weighted by Gasteiger charge is 2.30. The summed E-state index contributed by atoms with van der Waals surface area (Å²) in [6, 6.07) is 4.61. The van der Waals surface area contributed by atoms with Crippen LogP contribution in [0.2, 0.25) is 0 Å². The molecule has 1 aromatic rings. The quantitative estimate of drug-likeness (QED) is 0.759. The Morgan fingerprint density at radius 2 is 1.85 bits per heavy atom. The van der Waals surface area contributed by atoms with Gasteiger partial charge in [0.2, 0.25) is 0 Å². The Kier molecular flexibility index (Phi) is 4.17. The van der Waals surface area contributed by atoms with Crippen molar-refractivity contribution < 1.29 is 9.18 Å². The van der Waals surface area contributed by atoms with E-state index < -0.39 is 0 Å². The van der Waals surface area contributed by atoms with Crippen LogP contribution in [0.15, 0.2) is 18.2 Å². The van der Waals surface area contributed by atoms with Crippen LogP contribution in [0, 0.1) is 24.1 Å². The first-order valence-corrected chi connectivity index (χ1v) is 7.34. The molecule has 3 heteroatoms. The number of carbonyl (C=O) groups is 1. The van der Waals surface area contributed by atoms with Crippen LogP contribution in [-0.4, -0.2) is 23.9 Å². The number of piperidine rings is 1. The fraction of sp³-hybridized carbons (Fsp3) is 0.588. The molecule has 0 aliphatic carbocycles. The maximum absolute atomic E-state index is 13.3. The molecule has 0 atom stereocenters. The van der Waals surface area contributed by atoms with Crippen molar-refractivity contribution in [3.63, 3.8) is 0 Å². The van der Waals surface area contributed by atoms with Gasteiger partial charge in [-0.15, -0.1) is 0 Å². The standard InChI is InChI=1S/C17H24FNO/c1-12-11-13(5-6-15(12)18)16(20)19-9-7-14(8-10-19)17(2,3)4/h5-6,11,14H,7-10H2,1-4H3. The number of hydrogen-bond donors (Lipinski definition) is 0. The number of carbonyl (C=O) groups excluding carboxylic acids is 1. The maximum Gasteiger partial charge on any atom is 0.253 e. The third kappa shape index (κ3) is 3.20. The molecule has 2 rings (SSSR count). The van der Waals surface area contributed by atoms with Crippen molar-refractivity contribution in [3.05, 3.63) is 35.1 Å². The smallest absolute Gasteiger partial charge is 0.253 e. The van der Waals surface area contributed by atoms with E-state index >= 15 is 0 Å². The van der Waals surface area contributed by atoms with Crippen molar-refractivity contribution in [2.24, 2.45) is 11.3 Å². The molecular weight excluding hydrogens is 253 g/mol. The van der Waals surface area contributed by atoms with Crippen molar-refractivity contribution in [1.82, 2.24) is 4.90 Å². The van der Waals surface area contributed by atoms with Gasteiger partial charge in [0, 0.05) is 18.7 Å². The van der Waals surface area contributed by atoms with E-state index in [1.807, 2.05) is 4.90 Å². The monoisotopic (exact) mass is 277 g/mol. The number of amides is 1. The van der Waals surface area contributed by atoms with Gasteiger partial charge < -0.3 is 4.90 Å². The second-order valence-corrected chi connectivity index (χ2v) is 6.90. The second-order valence-electron chi connectivity index (χ2n) is 6.90. The second kappa shape index (κ2) is 5.55. The van der Waals surface area contributed by atoms with E-state index in [9.17, 15) is 9.18 Å². The number of nitrogens with zero attached hydrogens (tertiary/aromatic N) is 1. The van der Waals surface area contributed by atoms with Crippen LogP contribution in [0.1, 0.15) is 49.5 Å². The van der Waals surface area contributed by atoms with Gasteiger partial charge in [-0.1, -0.05) is 20.8 Å². The van der Waals surface area contributed by atoms with Crippen LogP contribution in [-0.2, 0) is 0 Å². The SMILES string of the molecule is Cc1cc(C(=O)N2CCC(C(C)(C)C)CC2)ccc1F. The molecule has 0 aromatic heterocycles. The maximum atomic E-state index is 13.3. The molecule has 1 saturated heterocycles. The highest BCUT2D eigenvalue weighted by atomic mass is 19.1. The van der Waals surface area contributed by atoms with Gasteiger partial charge in [-0.3, -0.25) is 4.79 Å². The molecule has 1 aliphatic rings. The van der Waals surface area contributed by atoms with Gasteiger partial charge in [-0.2, -0.15) is 0 Å². The molecule has 0 radical (unpaired) electrons. The van der Waals surface area contributed by atoms with E-state index in [0.717, 1.165) is 25.9 Å². The third-order valence-corrected chi connectivity index (χ3v) is 4.41. The predicted molar refractivity (Wildman–Crippen MR) is 79.2 cm³/mol.